The fourth-order valence-electron chi connectivity index (χ4n) is 1.49. The first-order chi connectivity index (χ1) is 8.25. The SMILES string of the molecule is O=c1ccccn1C/C=C/c1ccc(Cl)cc1. The average Bonchev–Trinajstić information content (AvgIpc) is 2.34. The van der Waals surface area contributed by atoms with Gasteiger partial charge >= 0.3 is 0 Å². The van der Waals surface area contributed by atoms with Crippen LogP contribution in [0.3, 0.4) is 0 Å². The Morgan fingerprint density at radius 2 is 1.88 bits per heavy atom. The molecule has 3 heteroatoms. The monoisotopic (exact) mass is 245 g/mol. The lowest BCUT2D eigenvalue weighted by Crippen LogP contribution is -2.16. The zero-order valence-electron chi connectivity index (χ0n) is 9.21. The van der Waals surface area contributed by atoms with Crippen molar-refractivity contribution in [3.8, 4) is 0 Å². The van der Waals surface area contributed by atoms with Gasteiger partial charge in [0, 0.05) is 23.8 Å². The van der Waals surface area contributed by atoms with Crippen LogP contribution in [0.5, 0.6) is 0 Å². The van der Waals surface area contributed by atoms with E-state index in [-0.39, 0.29) is 5.56 Å². The summed E-state index contributed by atoms with van der Waals surface area (Å²) in [5, 5.41) is 0.724. The predicted molar refractivity (Wildman–Crippen MR) is 71.2 cm³/mol. The summed E-state index contributed by atoms with van der Waals surface area (Å²) in [6.45, 7) is 0.572. The maximum atomic E-state index is 11.4. The molecule has 0 saturated heterocycles. The molecule has 2 rings (SSSR count). The maximum Gasteiger partial charge on any atom is 0.250 e. The van der Waals surface area contributed by atoms with Crippen molar-refractivity contribution in [2.45, 2.75) is 6.54 Å². The van der Waals surface area contributed by atoms with Crippen molar-refractivity contribution in [1.82, 2.24) is 4.57 Å². The van der Waals surface area contributed by atoms with E-state index in [1.165, 1.54) is 0 Å². The van der Waals surface area contributed by atoms with Gasteiger partial charge < -0.3 is 4.57 Å². The molecule has 0 fully saturated rings. The van der Waals surface area contributed by atoms with Gasteiger partial charge in [0.1, 0.15) is 0 Å². The molecule has 1 aromatic carbocycles. The Labute approximate surface area is 105 Å². The van der Waals surface area contributed by atoms with E-state index in [9.17, 15) is 4.79 Å². The molecule has 0 saturated carbocycles. The number of pyridine rings is 1. The van der Waals surface area contributed by atoms with E-state index in [4.69, 9.17) is 11.6 Å². The standard InChI is InChI=1S/C14H12ClNO/c15-13-8-6-12(7-9-13)4-3-11-16-10-2-1-5-14(16)17/h1-10H,11H2/b4-3+. The first-order valence-corrected chi connectivity index (χ1v) is 5.71. The lowest BCUT2D eigenvalue weighted by Gasteiger charge is -1.99. The molecule has 0 amide bonds. The van der Waals surface area contributed by atoms with Crippen molar-refractivity contribution in [3.05, 3.63) is 75.7 Å². The summed E-state index contributed by atoms with van der Waals surface area (Å²) >= 11 is 5.79. The van der Waals surface area contributed by atoms with Crippen LogP contribution in [-0.4, -0.2) is 4.57 Å². The molecule has 86 valence electrons. The lowest BCUT2D eigenvalue weighted by molar-refractivity contribution is 0.781. The van der Waals surface area contributed by atoms with Gasteiger partial charge in [0.2, 0.25) is 0 Å². The molecule has 0 aliphatic rings. The highest BCUT2D eigenvalue weighted by atomic mass is 35.5. The number of rotatable bonds is 3. The van der Waals surface area contributed by atoms with Crippen molar-refractivity contribution in [2.75, 3.05) is 0 Å². The van der Waals surface area contributed by atoms with Gasteiger partial charge in [-0.15, -0.1) is 0 Å². The van der Waals surface area contributed by atoms with E-state index in [0.717, 1.165) is 10.6 Å². The maximum absolute atomic E-state index is 11.4. The van der Waals surface area contributed by atoms with Crippen molar-refractivity contribution in [3.63, 3.8) is 0 Å². The van der Waals surface area contributed by atoms with Gasteiger partial charge in [0.05, 0.1) is 0 Å². The number of benzene rings is 1. The van der Waals surface area contributed by atoms with Crippen molar-refractivity contribution in [2.24, 2.45) is 0 Å². The molecular weight excluding hydrogens is 234 g/mol. The molecule has 0 aliphatic heterocycles. The van der Waals surface area contributed by atoms with E-state index in [1.807, 2.05) is 42.5 Å². The van der Waals surface area contributed by atoms with E-state index < -0.39 is 0 Å². The highest BCUT2D eigenvalue weighted by molar-refractivity contribution is 6.30. The summed E-state index contributed by atoms with van der Waals surface area (Å²) in [6.07, 6.45) is 5.69. The molecule has 0 bridgehead atoms. The number of nitrogens with zero attached hydrogens (tertiary/aromatic N) is 1. The third-order valence-corrected chi connectivity index (χ3v) is 2.63. The molecule has 0 atom stereocenters. The smallest absolute Gasteiger partial charge is 0.250 e. The summed E-state index contributed by atoms with van der Waals surface area (Å²) in [5.41, 5.74) is 1.08. The normalized spacial score (nSPS) is 10.9. The number of allylic oxidation sites excluding steroid dienone is 1. The molecule has 17 heavy (non-hydrogen) atoms. The van der Waals surface area contributed by atoms with Crippen LogP contribution >= 0.6 is 11.6 Å². The van der Waals surface area contributed by atoms with Gasteiger partial charge in [-0.25, -0.2) is 0 Å². The molecule has 0 aliphatic carbocycles. The third kappa shape index (κ3) is 3.33. The van der Waals surface area contributed by atoms with E-state index >= 15 is 0 Å². The fourth-order valence-corrected chi connectivity index (χ4v) is 1.61. The minimum atomic E-state index is 0.00764. The zero-order chi connectivity index (χ0) is 12.1. The molecule has 0 unspecified atom stereocenters. The molecule has 1 heterocycles. The summed E-state index contributed by atoms with van der Waals surface area (Å²) in [4.78, 5) is 11.4. The molecule has 0 radical (unpaired) electrons. The zero-order valence-corrected chi connectivity index (χ0v) is 9.97. The number of aromatic nitrogens is 1. The molecule has 0 N–H and O–H groups in total. The quantitative estimate of drug-likeness (QED) is 0.814. The fraction of sp³-hybridized carbons (Fsp3) is 0.0714. The van der Waals surface area contributed by atoms with Crippen LogP contribution in [0.2, 0.25) is 5.02 Å². The van der Waals surface area contributed by atoms with Crippen molar-refractivity contribution in [1.29, 1.82) is 0 Å². The Bertz CT molecular complexity index is 569. The molecule has 2 aromatic rings. The first kappa shape index (κ1) is 11.7. The Morgan fingerprint density at radius 3 is 2.59 bits per heavy atom. The van der Waals surface area contributed by atoms with Crippen LogP contribution in [0.15, 0.2) is 59.5 Å². The second-order valence-electron chi connectivity index (χ2n) is 3.65. The Hall–Kier alpha value is -1.80. The Morgan fingerprint density at radius 1 is 1.12 bits per heavy atom. The summed E-state index contributed by atoms with van der Waals surface area (Å²) < 4.78 is 1.65. The predicted octanol–water partition coefficient (Wildman–Crippen LogP) is 3.22. The minimum Gasteiger partial charge on any atom is -0.312 e. The Kier molecular flexibility index (Phi) is 3.78. The van der Waals surface area contributed by atoms with Gasteiger partial charge in [-0.05, 0) is 23.8 Å². The van der Waals surface area contributed by atoms with Crippen LogP contribution in [0.4, 0.5) is 0 Å². The second-order valence-corrected chi connectivity index (χ2v) is 4.08. The van der Waals surface area contributed by atoms with Gasteiger partial charge in [-0.1, -0.05) is 42.0 Å². The van der Waals surface area contributed by atoms with E-state index in [0.29, 0.717) is 6.54 Å². The van der Waals surface area contributed by atoms with E-state index in [2.05, 4.69) is 0 Å². The van der Waals surface area contributed by atoms with Crippen LogP contribution in [-0.2, 0) is 6.54 Å². The highest BCUT2D eigenvalue weighted by Gasteiger charge is 1.90. The van der Waals surface area contributed by atoms with Crippen molar-refractivity contribution >= 4 is 17.7 Å². The van der Waals surface area contributed by atoms with Crippen LogP contribution in [0.25, 0.3) is 6.08 Å². The summed E-state index contributed by atoms with van der Waals surface area (Å²) in [5.74, 6) is 0. The third-order valence-electron chi connectivity index (χ3n) is 2.38. The summed E-state index contributed by atoms with van der Waals surface area (Å²) in [6, 6.07) is 12.7. The average molecular weight is 246 g/mol. The van der Waals surface area contributed by atoms with Crippen LogP contribution in [0, 0.1) is 0 Å². The number of hydrogen-bond donors (Lipinski definition) is 0. The minimum absolute atomic E-state index is 0.00764. The van der Waals surface area contributed by atoms with Gasteiger partial charge in [0.25, 0.3) is 5.56 Å². The van der Waals surface area contributed by atoms with Crippen LogP contribution < -0.4 is 5.56 Å². The largest absolute Gasteiger partial charge is 0.312 e. The molecule has 2 nitrogen and oxygen atoms in total. The Balaban J connectivity index is 2.05. The van der Waals surface area contributed by atoms with Gasteiger partial charge in [-0.3, -0.25) is 4.79 Å². The van der Waals surface area contributed by atoms with Crippen molar-refractivity contribution < 1.29 is 0 Å². The number of halogens is 1. The van der Waals surface area contributed by atoms with Crippen LogP contribution in [0.1, 0.15) is 5.56 Å². The number of hydrogen-bond acceptors (Lipinski definition) is 1. The second kappa shape index (κ2) is 5.51. The van der Waals surface area contributed by atoms with E-state index in [1.54, 1.807) is 22.9 Å². The molecule has 1 aromatic heterocycles. The summed E-state index contributed by atoms with van der Waals surface area (Å²) in [7, 11) is 0. The van der Waals surface area contributed by atoms with Gasteiger partial charge in [0.15, 0.2) is 0 Å². The first-order valence-electron chi connectivity index (χ1n) is 5.33. The highest BCUT2D eigenvalue weighted by Crippen LogP contribution is 2.10. The molecular formula is C14H12ClNO. The lowest BCUT2D eigenvalue weighted by atomic mass is 10.2. The molecule has 0 spiro atoms. The van der Waals surface area contributed by atoms with Gasteiger partial charge in [-0.2, -0.15) is 0 Å². The topological polar surface area (TPSA) is 22.0 Å².